The molecule has 0 unspecified atom stereocenters. The topological polar surface area (TPSA) is 38.3 Å². The summed E-state index contributed by atoms with van der Waals surface area (Å²) in [5, 5.41) is 3.06. The van der Waals surface area contributed by atoms with Gasteiger partial charge in [0.2, 0.25) is 0 Å². The maximum absolute atomic E-state index is 12.5. The van der Waals surface area contributed by atoms with E-state index >= 15 is 0 Å². The molecule has 1 N–H and O–H groups in total. The van der Waals surface area contributed by atoms with Crippen molar-refractivity contribution >= 4 is 5.91 Å². The summed E-state index contributed by atoms with van der Waals surface area (Å²) in [6, 6.07) is 17.8. The number of nitrogens with one attached hydrogen (secondary N) is 1. The standard InChI is InChI=1S/C19H21NO2/c21-19(20-13-15-7-6-12-22-14-15)18-11-5-4-10-17(18)16-8-2-1-3-9-16/h1-5,8-11,15H,6-7,12-14H2,(H,20,21)/t15-/m1/s1. The van der Waals surface area contributed by atoms with Gasteiger partial charge in [-0.25, -0.2) is 0 Å². The van der Waals surface area contributed by atoms with Gasteiger partial charge < -0.3 is 10.1 Å². The van der Waals surface area contributed by atoms with Crippen LogP contribution in [0, 0.1) is 5.92 Å². The van der Waals surface area contributed by atoms with E-state index in [0.717, 1.165) is 42.7 Å². The lowest BCUT2D eigenvalue weighted by molar-refractivity contribution is 0.0536. The second-order valence-corrected chi connectivity index (χ2v) is 5.70. The Morgan fingerprint density at radius 1 is 1.09 bits per heavy atom. The Morgan fingerprint density at radius 3 is 2.64 bits per heavy atom. The lowest BCUT2D eigenvalue weighted by atomic mass is 9.98. The van der Waals surface area contributed by atoms with Crippen molar-refractivity contribution in [3.8, 4) is 11.1 Å². The van der Waals surface area contributed by atoms with Gasteiger partial charge in [0.25, 0.3) is 5.91 Å². The molecule has 2 aromatic carbocycles. The minimum absolute atomic E-state index is 0.00923. The fourth-order valence-electron chi connectivity index (χ4n) is 2.85. The van der Waals surface area contributed by atoms with Gasteiger partial charge in [-0.1, -0.05) is 48.5 Å². The van der Waals surface area contributed by atoms with E-state index in [-0.39, 0.29) is 5.91 Å². The van der Waals surface area contributed by atoms with Gasteiger partial charge >= 0.3 is 0 Å². The Morgan fingerprint density at radius 2 is 1.86 bits per heavy atom. The van der Waals surface area contributed by atoms with Gasteiger partial charge in [-0.3, -0.25) is 4.79 Å². The highest BCUT2D eigenvalue weighted by Crippen LogP contribution is 2.23. The molecule has 0 radical (unpaired) electrons. The highest BCUT2D eigenvalue weighted by molar-refractivity contribution is 6.00. The van der Waals surface area contributed by atoms with Gasteiger partial charge in [-0.15, -0.1) is 0 Å². The van der Waals surface area contributed by atoms with Crippen LogP contribution >= 0.6 is 0 Å². The summed E-state index contributed by atoms with van der Waals surface area (Å²) in [4.78, 5) is 12.5. The third-order valence-corrected chi connectivity index (χ3v) is 4.06. The summed E-state index contributed by atoms with van der Waals surface area (Å²) in [6.45, 7) is 2.28. The van der Waals surface area contributed by atoms with Crippen molar-refractivity contribution in [3.05, 3.63) is 60.2 Å². The van der Waals surface area contributed by atoms with Crippen molar-refractivity contribution in [2.24, 2.45) is 5.92 Å². The number of ether oxygens (including phenoxy) is 1. The van der Waals surface area contributed by atoms with E-state index in [9.17, 15) is 4.79 Å². The minimum atomic E-state index is -0.00923. The van der Waals surface area contributed by atoms with E-state index in [4.69, 9.17) is 4.74 Å². The molecule has 3 heteroatoms. The van der Waals surface area contributed by atoms with Crippen LogP contribution in [0.3, 0.4) is 0 Å². The molecule has 1 fully saturated rings. The van der Waals surface area contributed by atoms with Crippen LogP contribution in [0.15, 0.2) is 54.6 Å². The third kappa shape index (κ3) is 3.55. The van der Waals surface area contributed by atoms with Gasteiger partial charge in [0.15, 0.2) is 0 Å². The summed E-state index contributed by atoms with van der Waals surface area (Å²) in [7, 11) is 0. The number of rotatable bonds is 4. The van der Waals surface area contributed by atoms with Crippen LogP contribution in [0.25, 0.3) is 11.1 Å². The van der Waals surface area contributed by atoms with Crippen LogP contribution in [0.1, 0.15) is 23.2 Å². The maximum Gasteiger partial charge on any atom is 0.251 e. The molecule has 1 atom stereocenters. The Hall–Kier alpha value is -2.13. The lowest BCUT2D eigenvalue weighted by Crippen LogP contribution is -2.33. The van der Waals surface area contributed by atoms with Crippen LogP contribution in [0.2, 0.25) is 0 Å². The molecule has 22 heavy (non-hydrogen) atoms. The smallest absolute Gasteiger partial charge is 0.251 e. The van der Waals surface area contributed by atoms with Crippen molar-refractivity contribution in [2.75, 3.05) is 19.8 Å². The van der Waals surface area contributed by atoms with Gasteiger partial charge in [0.1, 0.15) is 0 Å². The monoisotopic (exact) mass is 295 g/mol. The Bertz CT molecular complexity index is 618. The molecule has 0 spiro atoms. The molecule has 1 heterocycles. The molecule has 3 nitrogen and oxygen atoms in total. The molecule has 1 amide bonds. The van der Waals surface area contributed by atoms with Crippen LogP contribution in [0.5, 0.6) is 0 Å². The number of hydrogen-bond acceptors (Lipinski definition) is 2. The Balaban J connectivity index is 1.72. The molecule has 0 aromatic heterocycles. The fourth-order valence-corrected chi connectivity index (χ4v) is 2.85. The number of amides is 1. The van der Waals surface area contributed by atoms with Crippen molar-refractivity contribution < 1.29 is 9.53 Å². The van der Waals surface area contributed by atoms with E-state index < -0.39 is 0 Å². The van der Waals surface area contributed by atoms with Crippen LogP contribution in [-0.2, 0) is 4.74 Å². The molecule has 2 aromatic rings. The molecule has 0 bridgehead atoms. The Labute approximate surface area is 131 Å². The van der Waals surface area contributed by atoms with Crippen LogP contribution < -0.4 is 5.32 Å². The maximum atomic E-state index is 12.5. The highest BCUT2D eigenvalue weighted by Gasteiger charge is 2.17. The summed E-state index contributed by atoms with van der Waals surface area (Å²) in [5.74, 6) is 0.423. The second kappa shape index (κ2) is 7.23. The minimum Gasteiger partial charge on any atom is -0.381 e. The summed E-state index contributed by atoms with van der Waals surface area (Å²) in [5.41, 5.74) is 2.76. The summed E-state index contributed by atoms with van der Waals surface area (Å²) >= 11 is 0. The second-order valence-electron chi connectivity index (χ2n) is 5.70. The van der Waals surface area contributed by atoms with E-state index in [0.29, 0.717) is 12.5 Å². The molecule has 0 aliphatic carbocycles. The van der Waals surface area contributed by atoms with Gasteiger partial charge in [-0.05, 0) is 36.0 Å². The number of carbonyl (C=O) groups excluding carboxylic acids is 1. The zero-order valence-electron chi connectivity index (χ0n) is 12.6. The van der Waals surface area contributed by atoms with Crippen LogP contribution in [-0.4, -0.2) is 25.7 Å². The lowest BCUT2D eigenvalue weighted by Gasteiger charge is -2.22. The normalized spacial score (nSPS) is 17.9. The molecule has 114 valence electrons. The predicted molar refractivity (Wildman–Crippen MR) is 87.8 cm³/mol. The molecule has 1 aliphatic rings. The quantitative estimate of drug-likeness (QED) is 0.937. The van der Waals surface area contributed by atoms with Crippen molar-refractivity contribution in [2.45, 2.75) is 12.8 Å². The number of hydrogen-bond donors (Lipinski definition) is 1. The first-order valence-electron chi connectivity index (χ1n) is 7.85. The average Bonchev–Trinajstić information content (AvgIpc) is 2.61. The molecular weight excluding hydrogens is 274 g/mol. The summed E-state index contributed by atoms with van der Waals surface area (Å²) in [6.07, 6.45) is 2.21. The zero-order chi connectivity index (χ0) is 15.2. The third-order valence-electron chi connectivity index (χ3n) is 4.06. The van der Waals surface area contributed by atoms with Crippen molar-refractivity contribution in [3.63, 3.8) is 0 Å². The average molecular weight is 295 g/mol. The molecule has 0 saturated carbocycles. The molecule has 3 rings (SSSR count). The first kappa shape index (κ1) is 14.8. The number of carbonyl (C=O) groups is 1. The SMILES string of the molecule is O=C(NC[C@H]1CCCOC1)c1ccccc1-c1ccccc1. The van der Waals surface area contributed by atoms with E-state index in [2.05, 4.69) is 5.32 Å². The molecular formula is C19H21NO2. The molecule has 1 saturated heterocycles. The number of benzene rings is 2. The molecule has 1 aliphatic heterocycles. The van der Waals surface area contributed by atoms with Crippen molar-refractivity contribution in [1.29, 1.82) is 0 Å². The fraction of sp³-hybridized carbons (Fsp3) is 0.316. The summed E-state index contributed by atoms with van der Waals surface area (Å²) < 4.78 is 5.46. The largest absolute Gasteiger partial charge is 0.381 e. The van der Waals surface area contributed by atoms with Crippen LogP contribution in [0.4, 0.5) is 0 Å². The van der Waals surface area contributed by atoms with Gasteiger partial charge in [0.05, 0.1) is 6.61 Å². The Kier molecular flexibility index (Phi) is 4.86. The van der Waals surface area contributed by atoms with E-state index in [1.54, 1.807) is 0 Å². The zero-order valence-corrected chi connectivity index (χ0v) is 12.6. The van der Waals surface area contributed by atoms with Gasteiger partial charge in [0, 0.05) is 18.7 Å². The highest BCUT2D eigenvalue weighted by atomic mass is 16.5. The van der Waals surface area contributed by atoms with Gasteiger partial charge in [-0.2, -0.15) is 0 Å². The van der Waals surface area contributed by atoms with E-state index in [1.807, 2.05) is 54.6 Å². The van der Waals surface area contributed by atoms with Crippen molar-refractivity contribution in [1.82, 2.24) is 5.32 Å². The van der Waals surface area contributed by atoms with E-state index in [1.165, 1.54) is 0 Å². The first-order chi connectivity index (χ1) is 10.8. The predicted octanol–water partition coefficient (Wildman–Crippen LogP) is 3.51. The first-order valence-corrected chi connectivity index (χ1v) is 7.85.